The molecule has 1 aliphatic carbocycles. The van der Waals surface area contributed by atoms with Gasteiger partial charge >= 0.3 is 0 Å². The van der Waals surface area contributed by atoms with Crippen LogP contribution in [0, 0.1) is 5.82 Å². The van der Waals surface area contributed by atoms with Crippen LogP contribution in [0.2, 0.25) is 0 Å². The Morgan fingerprint density at radius 2 is 1.90 bits per heavy atom. The summed E-state index contributed by atoms with van der Waals surface area (Å²) in [5.74, 6) is 0.279. The predicted octanol–water partition coefficient (Wildman–Crippen LogP) is 2.81. The van der Waals surface area contributed by atoms with Gasteiger partial charge in [-0.25, -0.2) is 9.37 Å². The molecule has 0 radical (unpaired) electrons. The zero-order chi connectivity index (χ0) is 13.5. The number of hydrogen-bond donors (Lipinski definition) is 0. The highest BCUT2D eigenvalue weighted by Crippen LogP contribution is 2.25. The molecule has 2 aromatic heterocycles. The summed E-state index contributed by atoms with van der Waals surface area (Å²) in [4.78, 5) is 4.40. The molecule has 4 rings (SSSR count). The summed E-state index contributed by atoms with van der Waals surface area (Å²) in [5, 5.41) is 8.40. The van der Waals surface area contributed by atoms with Crippen LogP contribution in [0.3, 0.4) is 0 Å². The van der Waals surface area contributed by atoms with Gasteiger partial charge in [-0.15, -0.1) is 5.10 Å². The molecule has 2 heterocycles. The number of aromatic nitrogens is 4. The third-order valence-corrected chi connectivity index (χ3v) is 3.80. The minimum Gasteiger partial charge on any atom is -0.284 e. The van der Waals surface area contributed by atoms with Gasteiger partial charge in [0.05, 0.1) is 11.4 Å². The van der Waals surface area contributed by atoms with E-state index >= 15 is 0 Å². The van der Waals surface area contributed by atoms with Crippen LogP contribution in [0.5, 0.6) is 0 Å². The Hall–Kier alpha value is -2.30. The van der Waals surface area contributed by atoms with Crippen LogP contribution in [-0.2, 0) is 12.8 Å². The lowest BCUT2D eigenvalue weighted by molar-refractivity contribution is 0.626. The van der Waals surface area contributed by atoms with E-state index in [-0.39, 0.29) is 5.82 Å². The fourth-order valence-electron chi connectivity index (χ4n) is 2.78. The van der Waals surface area contributed by atoms with Gasteiger partial charge in [0, 0.05) is 17.5 Å². The Morgan fingerprint density at radius 1 is 1.05 bits per heavy atom. The van der Waals surface area contributed by atoms with Crippen LogP contribution in [0.15, 0.2) is 30.5 Å². The Labute approximate surface area is 115 Å². The van der Waals surface area contributed by atoms with Gasteiger partial charge in [-0.05, 0) is 37.8 Å². The molecule has 0 atom stereocenters. The summed E-state index contributed by atoms with van der Waals surface area (Å²) in [6.07, 6.45) is 6.12. The maximum atomic E-state index is 13.9. The van der Waals surface area contributed by atoms with Crippen LogP contribution >= 0.6 is 0 Å². The molecule has 0 spiro atoms. The second kappa shape index (κ2) is 4.37. The number of halogens is 1. The molecule has 0 saturated carbocycles. The topological polar surface area (TPSA) is 43.1 Å². The summed E-state index contributed by atoms with van der Waals surface area (Å²) >= 11 is 0. The molecule has 0 N–H and O–H groups in total. The highest BCUT2D eigenvalue weighted by Gasteiger charge is 2.17. The molecule has 0 aliphatic heterocycles. The molecule has 20 heavy (non-hydrogen) atoms. The van der Waals surface area contributed by atoms with Crippen LogP contribution < -0.4 is 0 Å². The summed E-state index contributed by atoms with van der Waals surface area (Å²) in [6.45, 7) is 0. The normalized spacial score (nSPS) is 14.4. The fraction of sp³-hybridized carbons (Fsp3) is 0.267. The van der Waals surface area contributed by atoms with Crippen LogP contribution in [0.25, 0.3) is 17.0 Å². The lowest BCUT2D eigenvalue weighted by Gasteiger charge is -2.14. The highest BCUT2D eigenvalue weighted by atomic mass is 19.1. The van der Waals surface area contributed by atoms with E-state index in [0.717, 1.165) is 37.1 Å². The molecule has 0 unspecified atom stereocenters. The number of aryl methyl sites for hydroxylation is 2. The zero-order valence-electron chi connectivity index (χ0n) is 10.9. The molecule has 1 aliphatic rings. The number of imidazole rings is 1. The SMILES string of the molecule is Fc1ccccc1-c1cn2c3c(nnc2n1)CCCC3. The predicted molar refractivity (Wildman–Crippen MR) is 72.8 cm³/mol. The van der Waals surface area contributed by atoms with Gasteiger partial charge in [0.25, 0.3) is 5.78 Å². The Balaban J connectivity index is 1.93. The van der Waals surface area contributed by atoms with Crippen LogP contribution in [0.4, 0.5) is 4.39 Å². The molecule has 5 heteroatoms. The van der Waals surface area contributed by atoms with Gasteiger partial charge in [-0.1, -0.05) is 12.1 Å². The van der Waals surface area contributed by atoms with Gasteiger partial charge in [0.2, 0.25) is 0 Å². The number of fused-ring (bicyclic) bond motifs is 3. The molecule has 0 amide bonds. The number of hydrogen-bond acceptors (Lipinski definition) is 3. The molecule has 0 saturated heterocycles. The molecule has 4 nitrogen and oxygen atoms in total. The lowest BCUT2D eigenvalue weighted by Crippen LogP contribution is -2.12. The number of rotatable bonds is 1. The van der Waals surface area contributed by atoms with Crippen molar-refractivity contribution in [2.24, 2.45) is 0 Å². The van der Waals surface area contributed by atoms with Gasteiger partial charge < -0.3 is 0 Å². The van der Waals surface area contributed by atoms with E-state index in [1.807, 2.05) is 16.7 Å². The minimum atomic E-state index is -0.266. The maximum Gasteiger partial charge on any atom is 0.254 e. The van der Waals surface area contributed by atoms with Gasteiger partial charge in [-0.2, -0.15) is 5.10 Å². The van der Waals surface area contributed by atoms with Crippen molar-refractivity contribution in [3.8, 4) is 11.3 Å². The van der Waals surface area contributed by atoms with Crippen LogP contribution in [0.1, 0.15) is 24.2 Å². The van der Waals surface area contributed by atoms with E-state index in [4.69, 9.17) is 0 Å². The number of nitrogens with zero attached hydrogens (tertiary/aromatic N) is 4. The van der Waals surface area contributed by atoms with Crippen molar-refractivity contribution in [2.45, 2.75) is 25.7 Å². The minimum absolute atomic E-state index is 0.266. The van der Waals surface area contributed by atoms with Crippen molar-refractivity contribution in [2.75, 3.05) is 0 Å². The third-order valence-electron chi connectivity index (χ3n) is 3.80. The number of benzene rings is 1. The first kappa shape index (κ1) is 11.5. The molecular formula is C15H13FN4. The maximum absolute atomic E-state index is 13.9. The Bertz CT molecular complexity index is 794. The quantitative estimate of drug-likeness (QED) is 0.681. The Morgan fingerprint density at radius 3 is 2.80 bits per heavy atom. The average molecular weight is 268 g/mol. The monoisotopic (exact) mass is 268 g/mol. The van der Waals surface area contributed by atoms with E-state index in [2.05, 4.69) is 15.2 Å². The first-order valence-electron chi connectivity index (χ1n) is 6.81. The summed E-state index contributed by atoms with van der Waals surface area (Å²) < 4.78 is 15.8. The van der Waals surface area contributed by atoms with Crippen LogP contribution in [-0.4, -0.2) is 19.6 Å². The molecule has 3 aromatic rings. The standard InChI is InChI=1S/C15H13FN4/c16-11-6-2-1-5-10(11)13-9-20-14-8-4-3-7-12(14)18-19-15(20)17-13/h1-2,5-6,9H,3-4,7-8H2. The largest absolute Gasteiger partial charge is 0.284 e. The third kappa shape index (κ3) is 1.70. The fourth-order valence-corrected chi connectivity index (χ4v) is 2.78. The van der Waals surface area contributed by atoms with Crippen molar-refractivity contribution in [3.63, 3.8) is 0 Å². The first-order valence-corrected chi connectivity index (χ1v) is 6.81. The van der Waals surface area contributed by atoms with E-state index in [0.29, 0.717) is 17.0 Å². The Kier molecular flexibility index (Phi) is 2.52. The van der Waals surface area contributed by atoms with Gasteiger partial charge in [-0.3, -0.25) is 4.40 Å². The van der Waals surface area contributed by atoms with Crippen molar-refractivity contribution in [3.05, 3.63) is 47.7 Å². The smallest absolute Gasteiger partial charge is 0.254 e. The molecular weight excluding hydrogens is 255 g/mol. The lowest BCUT2D eigenvalue weighted by atomic mass is 10.0. The second-order valence-electron chi connectivity index (χ2n) is 5.08. The van der Waals surface area contributed by atoms with Crippen molar-refractivity contribution in [1.82, 2.24) is 19.6 Å². The molecule has 1 aromatic carbocycles. The zero-order valence-corrected chi connectivity index (χ0v) is 10.9. The summed E-state index contributed by atoms with van der Waals surface area (Å²) in [5.41, 5.74) is 3.32. The average Bonchev–Trinajstić information content (AvgIpc) is 2.92. The first-order chi connectivity index (χ1) is 9.83. The molecule has 100 valence electrons. The second-order valence-corrected chi connectivity index (χ2v) is 5.08. The van der Waals surface area contributed by atoms with E-state index < -0.39 is 0 Å². The van der Waals surface area contributed by atoms with Gasteiger partial charge in [0.15, 0.2) is 0 Å². The van der Waals surface area contributed by atoms with E-state index in [1.165, 1.54) is 6.07 Å². The van der Waals surface area contributed by atoms with Crippen molar-refractivity contribution < 1.29 is 4.39 Å². The van der Waals surface area contributed by atoms with Crippen molar-refractivity contribution >= 4 is 5.78 Å². The van der Waals surface area contributed by atoms with Gasteiger partial charge in [0.1, 0.15) is 5.82 Å². The molecule has 0 fully saturated rings. The highest BCUT2D eigenvalue weighted by molar-refractivity contribution is 5.62. The van der Waals surface area contributed by atoms with E-state index in [1.54, 1.807) is 12.1 Å². The molecule has 0 bridgehead atoms. The summed E-state index contributed by atoms with van der Waals surface area (Å²) in [7, 11) is 0. The van der Waals surface area contributed by atoms with Crippen molar-refractivity contribution in [1.29, 1.82) is 0 Å². The van der Waals surface area contributed by atoms with E-state index in [9.17, 15) is 4.39 Å². The summed E-state index contributed by atoms with van der Waals surface area (Å²) in [6, 6.07) is 6.66.